The zero-order chi connectivity index (χ0) is 21.4. The predicted molar refractivity (Wildman–Crippen MR) is 103 cm³/mol. The summed E-state index contributed by atoms with van der Waals surface area (Å²) in [7, 11) is 1.28. The Labute approximate surface area is 169 Å². The summed E-state index contributed by atoms with van der Waals surface area (Å²) in [6.45, 7) is 0.303. The Balaban J connectivity index is 1.66. The SMILES string of the molecule is COc1cc(F)c(C(=O)N2CCc3cc(=O)n(-c4ccc(F)cc4)cc3C2)c(F)c1. The van der Waals surface area contributed by atoms with Gasteiger partial charge in [0.15, 0.2) is 0 Å². The maximum atomic E-state index is 14.3. The molecule has 154 valence electrons. The van der Waals surface area contributed by atoms with Crippen molar-refractivity contribution in [1.82, 2.24) is 9.47 Å². The predicted octanol–water partition coefficient (Wildman–Crippen LogP) is 3.46. The molecule has 0 radical (unpaired) electrons. The zero-order valence-electron chi connectivity index (χ0n) is 16.0. The van der Waals surface area contributed by atoms with Crippen molar-refractivity contribution in [3.8, 4) is 11.4 Å². The molecule has 3 aromatic rings. The van der Waals surface area contributed by atoms with E-state index in [1.54, 1.807) is 6.20 Å². The van der Waals surface area contributed by atoms with E-state index in [-0.39, 0.29) is 24.4 Å². The van der Waals surface area contributed by atoms with Crippen LogP contribution in [-0.4, -0.2) is 29.0 Å². The van der Waals surface area contributed by atoms with E-state index in [1.807, 2.05) is 0 Å². The molecule has 0 unspecified atom stereocenters. The summed E-state index contributed by atoms with van der Waals surface area (Å²) in [5.41, 5.74) is 0.976. The number of hydrogen-bond donors (Lipinski definition) is 0. The van der Waals surface area contributed by atoms with Gasteiger partial charge in [0.05, 0.1) is 7.11 Å². The molecule has 0 saturated carbocycles. The molecule has 2 heterocycles. The number of rotatable bonds is 3. The fourth-order valence-corrected chi connectivity index (χ4v) is 3.54. The Morgan fingerprint density at radius 1 is 1.00 bits per heavy atom. The van der Waals surface area contributed by atoms with Crippen LogP contribution >= 0.6 is 0 Å². The number of ether oxygens (including phenoxy) is 1. The number of methoxy groups -OCH3 is 1. The number of aromatic nitrogens is 1. The summed E-state index contributed by atoms with van der Waals surface area (Å²) < 4.78 is 48.0. The van der Waals surface area contributed by atoms with Crippen LogP contribution in [0.3, 0.4) is 0 Å². The van der Waals surface area contributed by atoms with Crippen LogP contribution in [-0.2, 0) is 13.0 Å². The molecule has 30 heavy (non-hydrogen) atoms. The van der Waals surface area contributed by atoms with E-state index >= 15 is 0 Å². The first-order valence-corrected chi connectivity index (χ1v) is 9.20. The number of carbonyl (C=O) groups excluding carboxylic acids is 1. The molecule has 0 fully saturated rings. The molecule has 1 amide bonds. The second-order valence-corrected chi connectivity index (χ2v) is 6.95. The third-order valence-electron chi connectivity index (χ3n) is 5.10. The lowest BCUT2D eigenvalue weighted by molar-refractivity contribution is 0.0724. The molecule has 8 heteroatoms. The van der Waals surface area contributed by atoms with Crippen LogP contribution < -0.4 is 10.3 Å². The van der Waals surface area contributed by atoms with Crippen LogP contribution in [0.2, 0.25) is 0 Å². The van der Waals surface area contributed by atoms with Gasteiger partial charge in [0, 0.05) is 43.2 Å². The molecule has 0 N–H and O–H groups in total. The minimum Gasteiger partial charge on any atom is -0.497 e. The fourth-order valence-electron chi connectivity index (χ4n) is 3.54. The van der Waals surface area contributed by atoms with Gasteiger partial charge in [-0.1, -0.05) is 0 Å². The highest BCUT2D eigenvalue weighted by molar-refractivity contribution is 5.95. The molecular formula is C22H17F3N2O3. The topological polar surface area (TPSA) is 51.5 Å². The van der Waals surface area contributed by atoms with Crippen molar-refractivity contribution in [1.29, 1.82) is 0 Å². The second-order valence-electron chi connectivity index (χ2n) is 6.95. The summed E-state index contributed by atoms with van der Waals surface area (Å²) in [5, 5.41) is 0. The van der Waals surface area contributed by atoms with Crippen LogP contribution in [0.15, 0.2) is 53.5 Å². The van der Waals surface area contributed by atoms with E-state index in [0.29, 0.717) is 17.7 Å². The molecular weight excluding hydrogens is 397 g/mol. The quantitative estimate of drug-likeness (QED) is 0.660. The Kier molecular flexibility index (Phi) is 5.07. The minimum atomic E-state index is -1.00. The van der Waals surface area contributed by atoms with Crippen molar-refractivity contribution >= 4 is 5.91 Å². The molecule has 1 aliphatic heterocycles. The van der Waals surface area contributed by atoms with Gasteiger partial charge in [0.2, 0.25) is 0 Å². The third-order valence-corrected chi connectivity index (χ3v) is 5.10. The van der Waals surface area contributed by atoms with Crippen LogP contribution in [0, 0.1) is 17.5 Å². The van der Waals surface area contributed by atoms with Gasteiger partial charge >= 0.3 is 0 Å². The lowest BCUT2D eigenvalue weighted by atomic mass is 10.0. The molecule has 4 rings (SSSR count). The van der Waals surface area contributed by atoms with Gasteiger partial charge in [-0.3, -0.25) is 14.2 Å². The van der Waals surface area contributed by atoms with Crippen LogP contribution in [0.4, 0.5) is 13.2 Å². The van der Waals surface area contributed by atoms with E-state index < -0.39 is 28.9 Å². The first kappa shape index (κ1) is 19.8. The van der Waals surface area contributed by atoms with Crippen molar-refractivity contribution in [2.24, 2.45) is 0 Å². The lowest BCUT2D eigenvalue weighted by Gasteiger charge is -2.29. The fraction of sp³-hybridized carbons (Fsp3) is 0.182. The highest BCUT2D eigenvalue weighted by Crippen LogP contribution is 2.25. The highest BCUT2D eigenvalue weighted by atomic mass is 19.1. The van der Waals surface area contributed by atoms with Gasteiger partial charge in [-0.15, -0.1) is 0 Å². The Hall–Kier alpha value is -3.55. The number of halogens is 3. The standard InChI is InChI=1S/C22H17F3N2O3/c1-30-17-9-18(24)21(19(25)10-17)22(29)26-7-6-13-8-20(28)27(12-14(13)11-26)16-4-2-15(23)3-5-16/h2-5,8-10,12H,6-7,11H2,1H3. The van der Waals surface area contributed by atoms with E-state index in [1.165, 1.54) is 46.9 Å². The van der Waals surface area contributed by atoms with Crippen molar-refractivity contribution in [2.45, 2.75) is 13.0 Å². The molecule has 1 aromatic heterocycles. The lowest BCUT2D eigenvalue weighted by Crippen LogP contribution is -2.38. The van der Waals surface area contributed by atoms with Crippen molar-refractivity contribution in [2.75, 3.05) is 13.7 Å². The second kappa shape index (κ2) is 7.70. The number of hydrogen-bond acceptors (Lipinski definition) is 3. The van der Waals surface area contributed by atoms with E-state index in [9.17, 15) is 22.8 Å². The number of amides is 1. The average Bonchev–Trinajstić information content (AvgIpc) is 2.73. The number of carbonyl (C=O) groups is 1. The minimum absolute atomic E-state index is 0.0196. The number of nitrogens with zero attached hydrogens (tertiary/aromatic N) is 2. The first-order chi connectivity index (χ1) is 14.4. The van der Waals surface area contributed by atoms with Gasteiger partial charge in [0.25, 0.3) is 11.5 Å². The molecule has 2 aromatic carbocycles. The Morgan fingerprint density at radius 2 is 1.67 bits per heavy atom. The maximum absolute atomic E-state index is 14.3. The maximum Gasteiger partial charge on any atom is 0.260 e. The van der Waals surface area contributed by atoms with Gasteiger partial charge < -0.3 is 9.64 Å². The summed E-state index contributed by atoms with van der Waals surface area (Å²) >= 11 is 0. The van der Waals surface area contributed by atoms with Gasteiger partial charge in [-0.05, 0) is 41.8 Å². The Bertz CT molecular complexity index is 1170. The molecule has 5 nitrogen and oxygen atoms in total. The molecule has 0 spiro atoms. The molecule has 0 saturated heterocycles. The van der Waals surface area contributed by atoms with Crippen molar-refractivity contribution < 1.29 is 22.7 Å². The zero-order valence-corrected chi connectivity index (χ0v) is 16.0. The van der Waals surface area contributed by atoms with Crippen molar-refractivity contribution in [3.05, 3.63) is 93.2 Å². The van der Waals surface area contributed by atoms with Gasteiger partial charge in [0.1, 0.15) is 28.8 Å². The number of benzene rings is 2. The average molecular weight is 414 g/mol. The van der Waals surface area contributed by atoms with Gasteiger partial charge in [-0.25, -0.2) is 13.2 Å². The van der Waals surface area contributed by atoms with Crippen LogP contribution in [0.5, 0.6) is 5.75 Å². The van der Waals surface area contributed by atoms with E-state index in [2.05, 4.69) is 0 Å². The summed E-state index contributed by atoms with van der Waals surface area (Å²) in [5.74, 6) is -3.23. The summed E-state index contributed by atoms with van der Waals surface area (Å²) in [4.78, 5) is 26.6. The molecule has 0 atom stereocenters. The highest BCUT2D eigenvalue weighted by Gasteiger charge is 2.28. The monoisotopic (exact) mass is 414 g/mol. The normalized spacial score (nSPS) is 13.1. The van der Waals surface area contributed by atoms with Crippen molar-refractivity contribution in [3.63, 3.8) is 0 Å². The van der Waals surface area contributed by atoms with Crippen LogP contribution in [0.1, 0.15) is 21.5 Å². The van der Waals surface area contributed by atoms with E-state index in [0.717, 1.165) is 17.7 Å². The molecule has 0 bridgehead atoms. The number of fused-ring (bicyclic) bond motifs is 1. The largest absolute Gasteiger partial charge is 0.497 e. The summed E-state index contributed by atoms with van der Waals surface area (Å²) in [6.07, 6.45) is 1.95. The first-order valence-electron chi connectivity index (χ1n) is 9.20. The number of pyridine rings is 1. The van der Waals surface area contributed by atoms with Gasteiger partial charge in [-0.2, -0.15) is 0 Å². The smallest absolute Gasteiger partial charge is 0.260 e. The molecule has 0 aliphatic carbocycles. The Morgan fingerprint density at radius 3 is 2.30 bits per heavy atom. The summed E-state index contributed by atoms with van der Waals surface area (Å²) in [6, 6.07) is 8.81. The third kappa shape index (κ3) is 3.56. The molecule has 1 aliphatic rings. The van der Waals surface area contributed by atoms with E-state index in [4.69, 9.17) is 4.74 Å². The van der Waals surface area contributed by atoms with Crippen LogP contribution in [0.25, 0.3) is 5.69 Å².